The Balaban J connectivity index is 1.29. The lowest BCUT2D eigenvalue weighted by molar-refractivity contribution is -0.0216. The molecule has 1 aromatic heterocycles. The minimum Gasteiger partial charge on any atom is -0.480 e. The molecule has 3 aromatic carbocycles. The molecule has 11 nitrogen and oxygen atoms in total. The van der Waals surface area contributed by atoms with Crippen molar-refractivity contribution in [1.82, 2.24) is 14.7 Å². The van der Waals surface area contributed by atoms with E-state index in [4.69, 9.17) is 36.3 Å². The average molecular weight is 719 g/mol. The van der Waals surface area contributed by atoms with Crippen LogP contribution in [0.4, 0.5) is 13.6 Å². The van der Waals surface area contributed by atoms with E-state index in [9.17, 15) is 14.4 Å². The van der Waals surface area contributed by atoms with E-state index in [0.29, 0.717) is 24.9 Å². The first-order chi connectivity index (χ1) is 24.3. The molecular weight excluding hydrogens is 686 g/mol. The van der Waals surface area contributed by atoms with Gasteiger partial charge in [-0.15, -0.1) is 0 Å². The molecule has 0 bridgehead atoms. The van der Waals surface area contributed by atoms with Crippen LogP contribution in [0.25, 0.3) is 11.1 Å². The van der Waals surface area contributed by atoms with Crippen LogP contribution in [-0.2, 0) is 16.8 Å². The van der Waals surface area contributed by atoms with Gasteiger partial charge in [0.15, 0.2) is 22.9 Å². The maximum atomic E-state index is 17.1. The number of amides is 2. The second-order valence-corrected chi connectivity index (χ2v) is 14.6. The quantitative estimate of drug-likeness (QED) is 0.199. The molecule has 4 aliphatic rings. The first kappa shape index (κ1) is 33.0. The third kappa shape index (κ3) is 5.36. The van der Waals surface area contributed by atoms with E-state index in [1.165, 1.54) is 16.9 Å². The second kappa shape index (κ2) is 11.7. The van der Waals surface area contributed by atoms with Crippen molar-refractivity contribution in [3.63, 3.8) is 0 Å². The molecular formula is C37H33ClF2N4O7. The summed E-state index contributed by atoms with van der Waals surface area (Å²) in [7, 11) is 0. The Bertz CT molecular complexity index is 2200. The smallest absolute Gasteiger partial charge is 0.410 e. The van der Waals surface area contributed by atoms with Crippen LogP contribution >= 0.6 is 11.6 Å². The molecule has 0 radical (unpaired) electrons. The normalized spacial score (nSPS) is 20.4. The number of benzene rings is 3. The van der Waals surface area contributed by atoms with Gasteiger partial charge in [-0.2, -0.15) is 5.10 Å². The molecule has 1 saturated heterocycles. The van der Waals surface area contributed by atoms with Crippen molar-refractivity contribution in [2.24, 2.45) is 5.73 Å². The molecule has 1 aliphatic carbocycles. The number of ether oxygens (including phenoxy) is 4. The molecule has 51 heavy (non-hydrogen) atoms. The average Bonchev–Trinajstić information content (AvgIpc) is 3.66. The van der Waals surface area contributed by atoms with Crippen LogP contribution in [0.2, 0.25) is 5.02 Å². The third-order valence-corrected chi connectivity index (χ3v) is 10.0. The summed E-state index contributed by atoms with van der Waals surface area (Å²) in [5.41, 5.74) is 3.10. The fourth-order valence-electron chi connectivity index (χ4n) is 7.33. The van der Waals surface area contributed by atoms with E-state index in [1.54, 1.807) is 25.7 Å². The number of aromatic nitrogens is 2. The molecule has 4 aromatic rings. The summed E-state index contributed by atoms with van der Waals surface area (Å²) < 4.78 is 58.4. The Morgan fingerprint density at radius 2 is 1.76 bits per heavy atom. The SMILES string of the molecule is CC(C)(C)OC(=O)N1CCC[C@H]1[C@@]1(c2ccccc2)Cc2c(cc(F)c(Cl)c2-c2c(C(N)=O)cc3c(c2F)Oc2c(cnn(C4CC4)c2=O)O3)O1. The van der Waals surface area contributed by atoms with E-state index in [0.717, 1.165) is 18.9 Å². The standard InChI is InChI=1S/C37H33ClF2N4O7/c1-36(2,3)51-35(47)43-13-7-10-26(43)37(18-8-5-4-6-9-18)16-21-23(50-37)15-22(39)29(38)27(21)28-20(33(41)45)14-24-31(30(28)40)49-32-25(48-24)17-42-44(34(32)46)19-11-12-19/h4-6,8-9,14-15,17,19,26H,7,10-13,16H2,1-3H3,(H2,41,45)/t26-,37-/m0/s1. The van der Waals surface area contributed by atoms with Gasteiger partial charge in [0, 0.05) is 35.7 Å². The number of likely N-dealkylation sites (tertiary alicyclic amines) is 1. The third-order valence-electron chi connectivity index (χ3n) is 9.64. The number of halogens is 3. The van der Waals surface area contributed by atoms with Gasteiger partial charge in [0.05, 0.1) is 28.9 Å². The second-order valence-electron chi connectivity index (χ2n) is 14.2. The summed E-state index contributed by atoms with van der Waals surface area (Å²) in [4.78, 5) is 41.4. The Morgan fingerprint density at radius 1 is 1.02 bits per heavy atom. The van der Waals surface area contributed by atoms with Crippen molar-refractivity contribution < 1.29 is 37.3 Å². The highest BCUT2D eigenvalue weighted by molar-refractivity contribution is 6.34. The number of primary amides is 1. The number of carbonyl (C=O) groups is 2. The molecule has 1 saturated carbocycles. The number of hydrogen-bond donors (Lipinski definition) is 1. The van der Waals surface area contributed by atoms with Gasteiger partial charge in [-0.3, -0.25) is 9.59 Å². The first-order valence-electron chi connectivity index (χ1n) is 16.7. The highest BCUT2D eigenvalue weighted by Gasteiger charge is 2.54. The molecule has 0 spiro atoms. The number of fused-ring (bicyclic) bond motifs is 3. The summed E-state index contributed by atoms with van der Waals surface area (Å²) in [6, 6.07) is 10.7. The Morgan fingerprint density at radius 3 is 2.45 bits per heavy atom. The molecule has 2 N–H and O–H groups in total. The number of carbonyl (C=O) groups excluding carboxylic acids is 2. The largest absolute Gasteiger partial charge is 0.480 e. The fourth-order valence-corrected chi connectivity index (χ4v) is 7.60. The van der Waals surface area contributed by atoms with E-state index in [1.807, 2.05) is 30.3 Å². The molecule has 2 atom stereocenters. The van der Waals surface area contributed by atoms with Crippen LogP contribution in [0.5, 0.6) is 28.7 Å². The number of hydrogen-bond acceptors (Lipinski definition) is 8. The summed E-state index contributed by atoms with van der Waals surface area (Å²) in [6.45, 7) is 5.72. The summed E-state index contributed by atoms with van der Waals surface area (Å²) >= 11 is 6.70. The van der Waals surface area contributed by atoms with Gasteiger partial charge >= 0.3 is 11.7 Å². The summed E-state index contributed by atoms with van der Waals surface area (Å²) in [5.74, 6) is -4.21. The molecule has 14 heteroatoms. The van der Waals surface area contributed by atoms with Crippen LogP contribution < -0.4 is 25.5 Å². The van der Waals surface area contributed by atoms with Crippen LogP contribution in [-0.4, -0.2) is 44.9 Å². The highest BCUT2D eigenvalue weighted by atomic mass is 35.5. The first-order valence-corrected chi connectivity index (χ1v) is 17.0. The zero-order valence-corrected chi connectivity index (χ0v) is 28.7. The van der Waals surface area contributed by atoms with Gasteiger partial charge in [-0.05, 0) is 58.1 Å². The predicted octanol–water partition coefficient (Wildman–Crippen LogP) is 7.40. The van der Waals surface area contributed by atoms with Gasteiger partial charge in [0.25, 0.3) is 0 Å². The minimum absolute atomic E-state index is 0.00166. The number of nitrogens with two attached hydrogens (primary N) is 1. The van der Waals surface area contributed by atoms with Crippen molar-refractivity contribution >= 4 is 23.6 Å². The van der Waals surface area contributed by atoms with Gasteiger partial charge in [0.2, 0.25) is 17.4 Å². The van der Waals surface area contributed by atoms with Crippen molar-refractivity contribution in [2.75, 3.05) is 6.54 Å². The molecule has 2 fully saturated rings. The van der Waals surface area contributed by atoms with Crippen LogP contribution in [0, 0.1) is 11.6 Å². The van der Waals surface area contributed by atoms with Crippen molar-refractivity contribution in [3.8, 4) is 39.9 Å². The van der Waals surface area contributed by atoms with Crippen molar-refractivity contribution in [1.29, 1.82) is 0 Å². The summed E-state index contributed by atoms with van der Waals surface area (Å²) in [6.07, 6.45) is 3.43. The van der Waals surface area contributed by atoms with E-state index >= 15 is 8.78 Å². The number of nitrogens with zero attached hydrogens (tertiary/aromatic N) is 3. The van der Waals surface area contributed by atoms with Crippen LogP contribution in [0.3, 0.4) is 0 Å². The molecule has 8 rings (SSSR count). The Hall–Kier alpha value is -5.17. The number of rotatable bonds is 5. The summed E-state index contributed by atoms with van der Waals surface area (Å²) in [5, 5.41) is 3.65. The zero-order chi connectivity index (χ0) is 36.0. The lowest BCUT2D eigenvalue weighted by Crippen LogP contribution is -2.53. The van der Waals surface area contributed by atoms with Gasteiger partial charge in [0.1, 0.15) is 17.2 Å². The van der Waals surface area contributed by atoms with Crippen molar-refractivity contribution in [3.05, 3.63) is 92.4 Å². The lowest BCUT2D eigenvalue weighted by Gasteiger charge is -2.40. The Labute approximate surface area is 295 Å². The molecule has 2 amide bonds. The lowest BCUT2D eigenvalue weighted by atomic mass is 9.79. The highest BCUT2D eigenvalue weighted by Crippen LogP contribution is 2.56. The molecule has 264 valence electrons. The van der Waals surface area contributed by atoms with Gasteiger partial charge in [-0.1, -0.05) is 41.9 Å². The van der Waals surface area contributed by atoms with Crippen LogP contribution in [0.15, 0.2) is 53.5 Å². The fraction of sp³-hybridized carbons (Fsp3) is 0.351. The molecule has 3 aliphatic heterocycles. The van der Waals surface area contributed by atoms with E-state index in [2.05, 4.69) is 5.10 Å². The van der Waals surface area contributed by atoms with Gasteiger partial charge in [-0.25, -0.2) is 18.3 Å². The van der Waals surface area contributed by atoms with Crippen LogP contribution in [0.1, 0.15) is 74.0 Å². The van der Waals surface area contributed by atoms with Gasteiger partial charge < -0.3 is 29.6 Å². The monoisotopic (exact) mass is 718 g/mol. The maximum absolute atomic E-state index is 17.1. The zero-order valence-electron chi connectivity index (χ0n) is 27.9. The van der Waals surface area contributed by atoms with E-state index < -0.39 is 62.8 Å². The molecule has 0 unspecified atom stereocenters. The predicted molar refractivity (Wildman–Crippen MR) is 181 cm³/mol. The van der Waals surface area contributed by atoms with Crippen molar-refractivity contribution in [2.45, 2.75) is 76.2 Å². The Kier molecular flexibility index (Phi) is 7.56. The molecule has 4 heterocycles. The minimum atomic E-state index is -1.29. The topological polar surface area (TPSA) is 135 Å². The van der Waals surface area contributed by atoms with E-state index in [-0.39, 0.29) is 52.2 Å². The maximum Gasteiger partial charge on any atom is 0.410 e.